The lowest BCUT2D eigenvalue weighted by Crippen LogP contribution is -2.26. The molecular weight excluding hydrogens is 262 g/mol. The lowest BCUT2D eigenvalue weighted by Gasteiger charge is -2.13. The third-order valence-corrected chi connectivity index (χ3v) is 3.92. The maximum atomic E-state index is 11.8. The highest BCUT2D eigenvalue weighted by atomic mass is 16.5. The van der Waals surface area contributed by atoms with Crippen molar-refractivity contribution in [1.82, 2.24) is 5.32 Å². The molecule has 0 radical (unpaired) electrons. The number of hydrogen-bond donors (Lipinski definition) is 1. The molecule has 0 aromatic heterocycles. The molecule has 1 heterocycles. The van der Waals surface area contributed by atoms with Gasteiger partial charge in [0.15, 0.2) is 0 Å². The summed E-state index contributed by atoms with van der Waals surface area (Å²) in [4.78, 5) is 11.8. The molecule has 0 aliphatic carbocycles. The Kier molecular flexibility index (Phi) is 3.91. The Morgan fingerprint density at radius 2 is 2.00 bits per heavy atom. The minimum atomic E-state index is -0.0920. The van der Waals surface area contributed by atoms with Crippen LogP contribution in [0.3, 0.4) is 0 Å². The van der Waals surface area contributed by atoms with Crippen LogP contribution in [0.25, 0.3) is 0 Å². The van der Waals surface area contributed by atoms with Crippen LogP contribution in [-0.4, -0.2) is 12.5 Å². The second-order valence-electron chi connectivity index (χ2n) is 5.40. The normalized spacial score (nSPS) is 17.6. The molecule has 1 atom stereocenters. The van der Waals surface area contributed by atoms with Gasteiger partial charge in [-0.05, 0) is 42.2 Å². The van der Waals surface area contributed by atoms with Crippen LogP contribution in [0.4, 0.5) is 0 Å². The first kappa shape index (κ1) is 13.7. The van der Waals surface area contributed by atoms with Crippen molar-refractivity contribution in [3.05, 3.63) is 65.2 Å². The zero-order valence-electron chi connectivity index (χ0n) is 12.1. The van der Waals surface area contributed by atoms with Gasteiger partial charge < -0.3 is 10.1 Å². The van der Waals surface area contributed by atoms with Gasteiger partial charge in [0, 0.05) is 6.54 Å². The van der Waals surface area contributed by atoms with Crippen LogP contribution in [-0.2, 0) is 17.8 Å². The van der Waals surface area contributed by atoms with Crippen molar-refractivity contribution in [1.29, 1.82) is 0 Å². The van der Waals surface area contributed by atoms with Crippen LogP contribution in [0.1, 0.15) is 29.5 Å². The zero-order chi connectivity index (χ0) is 14.7. The average Bonchev–Trinajstić information content (AvgIpc) is 2.66. The number of carbonyl (C=O) groups excluding carboxylic acids is 1. The third-order valence-electron chi connectivity index (χ3n) is 3.92. The molecule has 0 saturated carbocycles. The molecule has 0 saturated heterocycles. The number of amides is 1. The molecule has 21 heavy (non-hydrogen) atoms. The van der Waals surface area contributed by atoms with Crippen LogP contribution in [0.15, 0.2) is 48.5 Å². The lowest BCUT2D eigenvalue weighted by molar-refractivity contribution is -0.122. The average molecular weight is 281 g/mol. The quantitative estimate of drug-likeness (QED) is 0.939. The Bertz CT molecular complexity index is 637. The fraction of sp³-hybridized carbons (Fsp3) is 0.278. The highest BCUT2D eigenvalue weighted by Crippen LogP contribution is 2.27. The Balaban J connectivity index is 1.76. The largest absolute Gasteiger partial charge is 0.489 e. The number of ether oxygens (including phenoxy) is 1. The smallest absolute Gasteiger partial charge is 0.227 e. The molecule has 2 aromatic carbocycles. The monoisotopic (exact) mass is 281 g/mol. The molecule has 0 spiro atoms. The Labute approximate surface area is 124 Å². The first-order valence-corrected chi connectivity index (χ1v) is 7.31. The van der Waals surface area contributed by atoms with Crippen LogP contribution < -0.4 is 10.1 Å². The fourth-order valence-corrected chi connectivity index (χ4v) is 2.67. The molecule has 3 rings (SSSR count). The van der Waals surface area contributed by atoms with Crippen molar-refractivity contribution < 1.29 is 9.53 Å². The van der Waals surface area contributed by atoms with E-state index in [0.717, 1.165) is 23.3 Å². The minimum Gasteiger partial charge on any atom is -0.489 e. The molecule has 0 bridgehead atoms. The van der Waals surface area contributed by atoms with E-state index < -0.39 is 0 Å². The van der Waals surface area contributed by atoms with Crippen LogP contribution in [0, 0.1) is 0 Å². The molecular formula is C18H19NO2. The van der Waals surface area contributed by atoms with Crippen LogP contribution in [0.5, 0.6) is 5.75 Å². The summed E-state index contributed by atoms with van der Waals surface area (Å²) in [6, 6.07) is 16.2. The van der Waals surface area contributed by atoms with Crippen molar-refractivity contribution in [3.8, 4) is 5.75 Å². The first-order chi connectivity index (χ1) is 10.2. The van der Waals surface area contributed by atoms with E-state index >= 15 is 0 Å². The summed E-state index contributed by atoms with van der Waals surface area (Å²) in [7, 11) is 0. The van der Waals surface area contributed by atoms with E-state index in [1.165, 1.54) is 5.56 Å². The van der Waals surface area contributed by atoms with Crippen LogP contribution in [0.2, 0.25) is 0 Å². The predicted molar refractivity (Wildman–Crippen MR) is 82.3 cm³/mol. The van der Waals surface area contributed by atoms with Crippen molar-refractivity contribution in [3.63, 3.8) is 0 Å². The highest BCUT2D eigenvalue weighted by Gasteiger charge is 2.21. The van der Waals surface area contributed by atoms with E-state index in [2.05, 4.69) is 11.4 Å². The number of nitrogens with one attached hydrogen (secondary N) is 1. The lowest BCUT2D eigenvalue weighted by atomic mass is 9.95. The van der Waals surface area contributed by atoms with E-state index in [1.807, 2.05) is 49.4 Å². The van der Waals surface area contributed by atoms with Crippen molar-refractivity contribution >= 4 is 5.91 Å². The van der Waals surface area contributed by atoms with Gasteiger partial charge in [-0.25, -0.2) is 0 Å². The van der Waals surface area contributed by atoms with Gasteiger partial charge in [0.05, 0.1) is 5.92 Å². The maximum absolute atomic E-state index is 11.8. The molecule has 3 nitrogen and oxygen atoms in total. The molecule has 3 heteroatoms. The zero-order valence-corrected chi connectivity index (χ0v) is 12.1. The second kappa shape index (κ2) is 6.00. The molecule has 1 aliphatic rings. The topological polar surface area (TPSA) is 38.3 Å². The Morgan fingerprint density at radius 1 is 1.19 bits per heavy atom. The van der Waals surface area contributed by atoms with Crippen molar-refractivity contribution in [2.75, 3.05) is 6.54 Å². The van der Waals surface area contributed by atoms with Gasteiger partial charge in [0.1, 0.15) is 12.4 Å². The number of rotatable bonds is 3. The number of fused-ring (bicyclic) bond motifs is 1. The highest BCUT2D eigenvalue weighted by molar-refractivity contribution is 5.84. The number of carbonyl (C=O) groups is 1. The molecule has 1 amide bonds. The molecule has 0 fully saturated rings. The SMILES string of the molecule is C[C@H]1C(=O)NCCc2cc(OCc3ccccc3)ccc21. The summed E-state index contributed by atoms with van der Waals surface area (Å²) in [6.45, 7) is 3.20. The van der Waals surface area contributed by atoms with Gasteiger partial charge in [-0.2, -0.15) is 0 Å². The number of hydrogen-bond acceptors (Lipinski definition) is 2. The van der Waals surface area contributed by atoms with E-state index in [4.69, 9.17) is 4.74 Å². The molecule has 108 valence electrons. The van der Waals surface area contributed by atoms with Gasteiger partial charge in [-0.1, -0.05) is 36.4 Å². The first-order valence-electron chi connectivity index (χ1n) is 7.31. The van der Waals surface area contributed by atoms with E-state index in [0.29, 0.717) is 13.2 Å². The van der Waals surface area contributed by atoms with Gasteiger partial charge >= 0.3 is 0 Å². The molecule has 1 aliphatic heterocycles. The van der Waals surface area contributed by atoms with E-state index in [1.54, 1.807) is 0 Å². The molecule has 0 unspecified atom stereocenters. The fourth-order valence-electron chi connectivity index (χ4n) is 2.67. The summed E-state index contributed by atoms with van der Waals surface area (Å²) < 4.78 is 5.86. The summed E-state index contributed by atoms with van der Waals surface area (Å²) in [5.41, 5.74) is 3.46. The van der Waals surface area contributed by atoms with E-state index in [-0.39, 0.29) is 11.8 Å². The van der Waals surface area contributed by atoms with Gasteiger partial charge in [-0.3, -0.25) is 4.79 Å². The van der Waals surface area contributed by atoms with Gasteiger partial charge in [0.25, 0.3) is 0 Å². The standard InChI is InChI=1S/C18H19NO2/c1-13-17-8-7-16(11-15(17)9-10-19-18(13)20)21-12-14-5-3-2-4-6-14/h2-8,11,13H,9-10,12H2,1H3,(H,19,20)/t13-/m1/s1. The van der Waals surface area contributed by atoms with Crippen molar-refractivity contribution in [2.24, 2.45) is 0 Å². The van der Waals surface area contributed by atoms with E-state index in [9.17, 15) is 4.79 Å². The number of benzene rings is 2. The maximum Gasteiger partial charge on any atom is 0.227 e. The third kappa shape index (κ3) is 3.07. The Hall–Kier alpha value is -2.29. The molecule has 1 N–H and O–H groups in total. The predicted octanol–water partition coefficient (Wildman–Crippen LogP) is 3.04. The summed E-state index contributed by atoms with van der Waals surface area (Å²) in [6.07, 6.45) is 0.855. The summed E-state index contributed by atoms with van der Waals surface area (Å²) in [5, 5.41) is 2.94. The summed E-state index contributed by atoms with van der Waals surface area (Å²) >= 11 is 0. The second-order valence-corrected chi connectivity index (χ2v) is 5.40. The van der Waals surface area contributed by atoms with Gasteiger partial charge in [0.2, 0.25) is 5.91 Å². The molecule has 2 aromatic rings. The van der Waals surface area contributed by atoms with Gasteiger partial charge in [-0.15, -0.1) is 0 Å². The summed E-state index contributed by atoms with van der Waals surface area (Å²) in [5.74, 6) is 0.872. The minimum absolute atomic E-state index is 0.0920. The van der Waals surface area contributed by atoms with Crippen molar-refractivity contribution in [2.45, 2.75) is 25.9 Å². The Morgan fingerprint density at radius 3 is 2.81 bits per heavy atom. The van der Waals surface area contributed by atoms with Crippen LogP contribution >= 0.6 is 0 Å².